The van der Waals surface area contributed by atoms with Crippen molar-refractivity contribution >= 4 is 28.9 Å². The summed E-state index contributed by atoms with van der Waals surface area (Å²) in [6.45, 7) is 2.05. The highest BCUT2D eigenvalue weighted by Crippen LogP contribution is 2.38. The Balaban J connectivity index is 1.69. The molecule has 2 amide bonds. The Hall–Kier alpha value is -2.82. The van der Waals surface area contributed by atoms with Gasteiger partial charge in [0.1, 0.15) is 11.9 Å². The third-order valence-electron chi connectivity index (χ3n) is 5.22. The lowest BCUT2D eigenvalue weighted by Gasteiger charge is -2.27. The summed E-state index contributed by atoms with van der Waals surface area (Å²) in [4.78, 5) is 18.4. The van der Waals surface area contributed by atoms with Gasteiger partial charge >= 0.3 is 12.2 Å². The van der Waals surface area contributed by atoms with Gasteiger partial charge in [0, 0.05) is 36.6 Å². The Morgan fingerprint density at radius 1 is 1.35 bits per heavy atom. The summed E-state index contributed by atoms with van der Waals surface area (Å²) in [6, 6.07) is 4.33. The molecule has 1 unspecified atom stereocenters. The predicted octanol–water partition coefficient (Wildman–Crippen LogP) is 4.89. The summed E-state index contributed by atoms with van der Waals surface area (Å²) in [7, 11) is 0. The van der Waals surface area contributed by atoms with Gasteiger partial charge in [-0.2, -0.15) is 13.2 Å². The molecule has 1 aliphatic rings. The zero-order valence-corrected chi connectivity index (χ0v) is 19.2. The molecule has 1 aliphatic heterocycles. The Morgan fingerprint density at radius 2 is 2.12 bits per heavy atom. The largest absolute Gasteiger partial charge is 0.493 e. The molecule has 11 heteroatoms. The van der Waals surface area contributed by atoms with E-state index in [-0.39, 0.29) is 24.6 Å². The molecule has 0 spiro atoms. The zero-order chi connectivity index (χ0) is 24.9. The van der Waals surface area contributed by atoms with Gasteiger partial charge in [-0.1, -0.05) is 24.6 Å². The number of alkyl halides is 3. The molecule has 0 fully saturated rings. The lowest BCUT2D eigenvalue weighted by Crippen LogP contribution is -2.38. The summed E-state index contributed by atoms with van der Waals surface area (Å²) >= 11 is 6.28. The third kappa shape index (κ3) is 6.19. The zero-order valence-electron chi connectivity index (χ0n) is 18.4. The number of urea groups is 1. The molecule has 184 valence electrons. The van der Waals surface area contributed by atoms with Crippen LogP contribution in [0.2, 0.25) is 5.02 Å². The highest BCUT2D eigenvalue weighted by Gasteiger charge is 2.34. The van der Waals surface area contributed by atoms with E-state index in [1.165, 1.54) is 29.3 Å². The number of hydrogen-bond acceptors (Lipinski definition) is 5. The normalized spacial score (nSPS) is 15.0. The number of carbonyl (C=O) groups is 1. The minimum Gasteiger partial charge on any atom is -0.493 e. The minimum atomic E-state index is -4.57. The first-order valence-electron chi connectivity index (χ1n) is 10.7. The maximum absolute atomic E-state index is 13.2. The van der Waals surface area contributed by atoms with Crippen LogP contribution in [-0.4, -0.2) is 52.4 Å². The van der Waals surface area contributed by atoms with E-state index in [2.05, 4.69) is 10.3 Å². The first-order valence-corrected chi connectivity index (χ1v) is 11.1. The number of aliphatic hydroxyl groups excluding tert-OH is 2. The van der Waals surface area contributed by atoms with E-state index in [9.17, 15) is 23.1 Å². The minimum absolute atomic E-state index is 0.122. The maximum Gasteiger partial charge on any atom is 0.419 e. The number of pyridine rings is 1. The second-order valence-corrected chi connectivity index (χ2v) is 8.12. The monoisotopic (exact) mass is 499 g/mol. The van der Waals surface area contributed by atoms with E-state index >= 15 is 0 Å². The fraction of sp³-hybridized carbons (Fsp3) is 0.391. The molecule has 3 N–H and O–H groups in total. The van der Waals surface area contributed by atoms with Gasteiger partial charge in [0.2, 0.25) is 0 Å². The van der Waals surface area contributed by atoms with Gasteiger partial charge in [-0.3, -0.25) is 4.98 Å². The molecule has 2 heterocycles. The molecule has 7 nitrogen and oxygen atoms in total. The molecule has 0 saturated heterocycles. The van der Waals surface area contributed by atoms with Crippen LogP contribution in [0.3, 0.4) is 0 Å². The molecule has 2 aromatic rings. The molecule has 3 rings (SSSR count). The van der Waals surface area contributed by atoms with Crippen molar-refractivity contribution in [3.05, 3.63) is 58.4 Å². The van der Waals surface area contributed by atoms with Gasteiger partial charge < -0.3 is 25.2 Å². The van der Waals surface area contributed by atoms with Crippen LogP contribution in [-0.2, 0) is 6.18 Å². The quantitative estimate of drug-likeness (QED) is 0.504. The fourth-order valence-electron chi connectivity index (χ4n) is 3.41. The molecule has 0 radical (unpaired) electrons. The second kappa shape index (κ2) is 11.1. The van der Waals surface area contributed by atoms with Crippen molar-refractivity contribution in [2.75, 3.05) is 31.6 Å². The molecule has 1 atom stereocenters. The van der Waals surface area contributed by atoms with E-state index in [0.717, 1.165) is 11.6 Å². The van der Waals surface area contributed by atoms with Crippen LogP contribution in [0.25, 0.3) is 5.57 Å². The summed E-state index contributed by atoms with van der Waals surface area (Å²) < 4.78 is 44.9. The highest BCUT2D eigenvalue weighted by atomic mass is 35.5. The predicted molar refractivity (Wildman–Crippen MR) is 122 cm³/mol. The number of benzene rings is 1. The fourth-order valence-corrected chi connectivity index (χ4v) is 3.71. The molecule has 0 bridgehead atoms. The average molecular weight is 500 g/mol. The Kier molecular flexibility index (Phi) is 8.40. The number of halogens is 4. The van der Waals surface area contributed by atoms with Gasteiger partial charge in [-0.25, -0.2) is 4.79 Å². The van der Waals surface area contributed by atoms with E-state index in [1.54, 1.807) is 13.0 Å². The highest BCUT2D eigenvalue weighted by molar-refractivity contribution is 6.32. The molecular formula is C23H25ClF3N3O4. The van der Waals surface area contributed by atoms with Crippen molar-refractivity contribution < 1.29 is 32.9 Å². The summed E-state index contributed by atoms with van der Waals surface area (Å²) in [6.07, 6.45) is -1.41. The average Bonchev–Trinajstić information content (AvgIpc) is 2.81. The first-order chi connectivity index (χ1) is 16.1. The van der Waals surface area contributed by atoms with Crippen LogP contribution in [0.1, 0.15) is 42.7 Å². The maximum atomic E-state index is 13.2. The van der Waals surface area contributed by atoms with Crippen molar-refractivity contribution in [3.63, 3.8) is 0 Å². The standard InChI is InChI=1S/C23H25ClF3N3O4/c1-2-9-34-20-11-16(3-4-17(20)23(25,26)27)29-22(33)30-7-5-14(6-8-30)21-18(24)10-15(12-28-21)19(32)13-31/h3-5,10-12,19,31-32H,2,6-9,13H2,1H3,(H,29,33). The van der Waals surface area contributed by atoms with Crippen LogP contribution in [0, 0.1) is 0 Å². The smallest absolute Gasteiger partial charge is 0.419 e. The molecule has 34 heavy (non-hydrogen) atoms. The number of anilines is 1. The lowest BCUT2D eigenvalue weighted by molar-refractivity contribution is -0.138. The summed E-state index contributed by atoms with van der Waals surface area (Å²) in [5.74, 6) is -0.330. The molecule has 1 aromatic carbocycles. The number of rotatable bonds is 7. The van der Waals surface area contributed by atoms with Crippen molar-refractivity contribution in [3.8, 4) is 5.75 Å². The topological polar surface area (TPSA) is 94.9 Å². The van der Waals surface area contributed by atoms with Crippen molar-refractivity contribution in [2.45, 2.75) is 32.0 Å². The Morgan fingerprint density at radius 3 is 2.71 bits per heavy atom. The van der Waals surface area contributed by atoms with Gasteiger partial charge in [0.05, 0.1) is 29.5 Å². The summed E-state index contributed by atoms with van der Waals surface area (Å²) in [5.41, 5.74) is 1.04. The van der Waals surface area contributed by atoms with Gasteiger partial charge in [0.25, 0.3) is 0 Å². The van der Waals surface area contributed by atoms with Crippen LogP contribution in [0.4, 0.5) is 23.7 Å². The van der Waals surface area contributed by atoms with Crippen LogP contribution < -0.4 is 10.1 Å². The van der Waals surface area contributed by atoms with E-state index < -0.39 is 30.5 Å². The van der Waals surface area contributed by atoms with Crippen molar-refractivity contribution in [1.82, 2.24) is 9.88 Å². The van der Waals surface area contributed by atoms with Crippen LogP contribution in [0.15, 0.2) is 36.5 Å². The van der Waals surface area contributed by atoms with E-state index in [0.29, 0.717) is 35.7 Å². The Labute approximate surface area is 199 Å². The van der Waals surface area contributed by atoms with Crippen molar-refractivity contribution in [1.29, 1.82) is 0 Å². The number of aliphatic hydroxyl groups is 2. The Bertz CT molecular complexity index is 1060. The number of carbonyl (C=O) groups excluding carboxylic acids is 1. The van der Waals surface area contributed by atoms with E-state index in [1.807, 2.05) is 0 Å². The number of ether oxygens (including phenoxy) is 1. The number of aromatic nitrogens is 1. The second-order valence-electron chi connectivity index (χ2n) is 7.71. The molecule has 1 aromatic heterocycles. The number of amides is 2. The number of nitrogens with one attached hydrogen (secondary N) is 1. The van der Waals surface area contributed by atoms with Crippen LogP contribution in [0.5, 0.6) is 5.75 Å². The number of hydrogen-bond donors (Lipinski definition) is 3. The molecular weight excluding hydrogens is 475 g/mol. The summed E-state index contributed by atoms with van der Waals surface area (Å²) in [5, 5.41) is 21.7. The van der Waals surface area contributed by atoms with Gasteiger partial charge in [-0.05, 0) is 36.6 Å². The van der Waals surface area contributed by atoms with Crippen molar-refractivity contribution in [2.24, 2.45) is 0 Å². The van der Waals surface area contributed by atoms with Crippen LogP contribution >= 0.6 is 11.6 Å². The van der Waals surface area contributed by atoms with Gasteiger partial charge in [-0.15, -0.1) is 0 Å². The lowest BCUT2D eigenvalue weighted by atomic mass is 10.0. The number of nitrogens with zero attached hydrogens (tertiary/aromatic N) is 2. The first kappa shape index (κ1) is 25.8. The van der Waals surface area contributed by atoms with Gasteiger partial charge in [0.15, 0.2) is 0 Å². The molecule has 0 aliphatic carbocycles. The molecule has 0 saturated carbocycles. The van der Waals surface area contributed by atoms with E-state index in [4.69, 9.17) is 21.4 Å². The SMILES string of the molecule is CCCOc1cc(NC(=O)N2CC=C(c3ncc(C(O)CO)cc3Cl)CC2)ccc1C(F)(F)F. The third-order valence-corrected chi connectivity index (χ3v) is 5.51.